The summed E-state index contributed by atoms with van der Waals surface area (Å²) >= 11 is 1.27. The first-order valence-corrected chi connectivity index (χ1v) is 11.0. The van der Waals surface area contributed by atoms with Gasteiger partial charge in [-0.1, -0.05) is 17.7 Å². The summed E-state index contributed by atoms with van der Waals surface area (Å²) in [5, 5.41) is 2.18. The smallest absolute Gasteiger partial charge is 0.285 e. The van der Waals surface area contributed by atoms with Gasteiger partial charge in [0.15, 0.2) is 11.7 Å². The van der Waals surface area contributed by atoms with E-state index in [2.05, 4.69) is 14.4 Å². The van der Waals surface area contributed by atoms with Crippen molar-refractivity contribution in [1.82, 2.24) is 9.88 Å². The first-order chi connectivity index (χ1) is 14.1. The maximum Gasteiger partial charge on any atom is 0.285 e. The molecule has 6 N–H and O–H groups in total. The van der Waals surface area contributed by atoms with E-state index in [-0.39, 0.29) is 23.4 Å². The highest BCUT2D eigenvalue weighted by Gasteiger charge is 2.16. The number of sulfonamides is 1. The Morgan fingerprint density at radius 2 is 1.87 bits per heavy atom. The summed E-state index contributed by atoms with van der Waals surface area (Å²) in [5.41, 5.74) is 18.1. The molecule has 12 heteroatoms. The lowest BCUT2D eigenvalue weighted by molar-refractivity contribution is 0.413. The van der Waals surface area contributed by atoms with E-state index in [0.717, 1.165) is 5.56 Å². The minimum absolute atomic E-state index is 0.0739. The van der Waals surface area contributed by atoms with Gasteiger partial charge in [-0.2, -0.15) is 13.4 Å². The lowest BCUT2D eigenvalue weighted by atomic mass is 10.2. The fourth-order valence-corrected chi connectivity index (χ4v) is 4.08. The van der Waals surface area contributed by atoms with Crippen LogP contribution in [-0.2, 0) is 16.6 Å². The number of hydrogen-bond acceptors (Lipinski definition) is 6. The molecule has 0 atom stereocenters. The number of benzene rings is 1. The van der Waals surface area contributed by atoms with Crippen molar-refractivity contribution in [1.29, 1.82) is 0 Å². The molecule has 0 saturated carbocycles. The second-order valence-electron chi connectivity index (χ2n) is 6.41. The molecule has 0 fully saturated rings. The molecule has 3 rings (SSSR count). The fourth-order valence-electron chi connectivity index (χ4n) is 2.41. The number of aliphatic imine (C=N–C) groups is 1. The largest absolute Gasteiger partial charge is 0.458 e. The SMILES string of the molecule is Cc1ccc(S(=O)(=O)N=C(N)N(C)Cc2ccc(-c3csc(N=C(N)N)n3)o2)cc1. The van der Waals surface area contributed by atoms with Gasteiger partial charge in [0.25, 0.3) is 10.0 Å². The van der Waals surface area contributed by atoms with Crippen molar-refractivity contribution in [2.45, 2.75) is 18.4 Å². The number of thiazole rings is 1. The quantitative estimate of drug-likeness (QED) is 0.379. The number of nitrogens with two attached hydrogens (primary N) is 3. The highest BCUT2D eigenvalue weighted by Crippen LogP contribution is 2.28. The van der Waals surface area contributed by atoms with Crippen LogP contribution < -0.4 is 17.2 Å². The van der Waals surface area contributed by atoms with Crippen molar-refractivity contribution in [3.8, 4) is 11.5 Å². The Bertz CT molecular complexity index is 1190. The predicted octanol–water partition coefficient (Wildman–Crippen LogP) is 1.75. The summed E-state index contributed by atoms with van der Waals surface area (Å²) in [5.74, 6) is 0.842. The lowest BCUT2D eigenvalue weighted by Gasteiger charge is -2.16. The van der Waals surface area contributed by atoms with Gasteiger partial charge in [0.1, 0.15) is 11.5 Å². The van der Waals surface area contributed by atoms with Crippen molar-refractivity contribution in [3.05, 3.63) is 53.1 Å². The lowest BCUT2D eigenvalue weighted by Crippen LogP contribution is -2.34. The molecule has 2 heterocycles. The summed E-state index contributed by atoms with van der Waals surface area (Å²) in [4.78, 5) is 9.71. The van der Waals surface area contributed by atoms with Crippen LogP contribution in [0.5, 0.6) is 0 Å². The molecule has 2 aromatic heterocycles. The second-order valence-corrected chi connectivity index (χ2v) is 8.85. The van der Waals surface area contributed by atoms with E-state index in [1.54, 1.807) is 36.7 Å². The van der Waals surface area contributed by atoms with E-state index in [9.17, 15) is 8.42 Å². The molecule has 0 aliphatic rings. The molecule has 1 aromatic carbocycles. The van der Waals surface area contributed by atoms with Crippen LogP contribution in [0.1, 0.15) is 11.3 Å². The maximum absolute atomic E-state index is 12.4. The van der Waals surface area contributed by atoms with Crippen LogP contribution in [0.4, 0.5) is 5.13 Å². The Hall–Kier alpha value is -3.38. The van der Waals surface area contributed by atoms with Gasteiger partial charge in [0, 0.05) is 12.4 Å². The number of rotatable bonds is 6. The van der Waals surface area contributed by atoms with Crippen molar-refractivity contribution in [2.24, 2.45) is 26.6 Å². The van der Waals surface area contributed by atoms with Crippen molar-refractivity contribution < 1.29 is 12.8 Å². The first-order valence-electron chi connectivity index (χ1n) is 8.66. The summed E-state index contributed by atoms with van der Waals surface area (Å²) < 4.78 is 34.3. The zero-order valence-electron chi connectivity index (χ0n) is 16.3. The molecule has 0 amide bonds. The third-order valence-corrected chi connectivity index (χ3v) is 5.98. The molecule has 0 spiro atoms. The molecule has 30 heavy (non-hydrogen) atoms. The zero-order chi connectivity index (χ0) is 21.9. The van der Waals surface area contributed by atoms with Crippen molar-refractivity contribution in [2.75, 3.05) is 7.05 Å². The van der Waals surface area contributed by atoms with Crippen LogP contribution in [0, 0.1) is 6.92 Å². The van der Waals surface area contributed by atoms with Gasteiger partial charge in [-0.05, 0) is 31.2 Å². The molecule has 3 aromatic rings. The molecule has 0 bridgehead atoms. The Morgan fingerprint density at radius 3 is 2.53 bits per heavy atom. The third kappa shape index (κ3) is 5.15. The number of furan rings is 1. The van der Waals surface area contributed by atoms with Gasteiger partial charge in [-0.3, -0.25) is 0 Å². The minimum atomic E-state index is -3.91. The minimum Gasteiger partial charge on any atom is -0.458 e. The number of hydrogen-bond donors (Lipinski definition) is 3. The monoisotopic (exact) mass is 447 g/mol. The average Bonchev–Trinajstić information content (AvgIpc) is 3.30. The van der Waals surface area contributed by atoms with E-state index >= 15 is 0 Å². The van der Waals surface area contributed by atoms with Gasteiger partial charge in [-0.25, -0.2) is 4.98 Å². The highest BCUT2D eigenvalue weighted by atomic mass is 32.2. The van der Waals surface area contributed by atoms with Crippen molar-refractivity contribution >= 4 is 38.4 Å². The maximum atomic E-state index is 12.4. The summed E-state index contributed by atoms with van der Waals surface area (Å²) in [7, 11) is -2.29. The summed E-state index contributed by atoms with van der Waals surface area (Å²) in [6.45, 7) is 2.08. The Balaban J connectivity index is 1.72. The van der Waals surface area contributed by atoms with Crippen LogP contribution in [0.25, 0.3) is 11.5 Å². The molecule has 0 radical (unpaired) electrons. The second kappa shape index (κ2) is 8.55. The van der Waals surface area contributed by atoms with Crippen LogP contribution in [0.2, 0.25) is 0 Å². The van der Waals surface area contributed by atoms with E-state index in [4.69, 9.17) is 21.6 Å². The number of guanidine groups is 2. The van der Waals surface area contributed by atoms with Crippen LogP contribution in [-0.4, -0.2) is 37.3 Å². The van der Waals surface area contributed by atoms with Crippen molar-refractivity contribution in [3.63, 3.8) is 0 Å². The molecule has 0 saturated heterocycles. The van der Waals surface area contributed by atoms with Gasteiger partial charge >= 0.3 is 0 Å². The number of nitrogens with zero attached hydrogens (tertiary/aromatic N) is 4. The molecule has 0 unspecified atom stereocenters. The Morgan fingerprint density at radius 1 is 1.17 bits per heavy atom. The Labute approximate surface area is 177 Å². The van der Waals surface area contributed by atoms with E-state index in [1.807, 2.05) is 6.92 Å². The predicted molar refractivity (Wildman–Crippen MR) is 117 cm³/mol. The Kier molecular flexibility index (Phi) is 6.08. The van der Waals surface area contributed by atoms with Gasteiger partial charge in [0.05, 0.1) is 11.4 Å². The summed E-state index contributed by atoms with van der Waals surface area (Å²) in [6, 6.07) is 9.87. The summed E-state index contributed by atoms with van der Waals surface area (Å²) in [6.07, 6.45) is 0. The molecular weight excluding hydrogens is 426 g/mol. The highest BCUT2D eigenvalue weighted by molar-refractivity contribution is 7.90. The zero-order valence-corrected chi connectivity index (χ0v) is 17.9. The standard InChI is InChI=1S/C18H21N7O3S2/c1-11-3-6-13(7-4-11)30(26,27)24-17(21)25(2)9-12-5-8-15(28-12)14-10-29-18(22-14)23-16(19)20/h3-8,10H,9H2,1-2H3,(H2,21,24)(H4,19,20,22,23). The van der Waals surface area contributed by atoms with Crippen LogP contribution in [0.3, 0.4) is 0 Å². The topological polar surface area (TPSA) is 166 Å². The molecule has 10 nitrogen and oxygen atoms in total. The van der Waals surface area contributed by atoms with E-state index in [1.165, 1.54) is 28.4 Å². The third-order valence-electron chi connectivity index (χ3n) is 3.95. The first kappa shape index (κ1) is 21.3. The van der Waals surface area contributed by atoms with Gasteiger partial charge in [0.2, 0.25) is 11.1 Å². The number of aryl methyl sites for hydroxylation is 1. The van der Waals surface area contributed by atoms with E-state index < -0.39 is 10.0 Å². The molecular formula is C18H21N7O3S2. The molecule has 0 aliphatic carbocycles. The normalized spacial score (nSPS) is 12.0. The van der Waals surface area contributed by atoms with Crippen LogP contribution in [0.15, 0.2) is 60.5 Å². The van der Waals surface area contributed by atoms with E-state index in [0.29, 0.717) is 22.3 Å². The fraction of sp³-hybridized carbons (Fsp3) is 0.167. The van der Waals surface area contributed by atoms with Gasteiger partial charge < -0.3 is 26.5 Å². The van der Waals surface area contributed by atoms with Crippen LogP contribution >= 0.6 is 11.3 Å². The van der Waals surface area contributed by atoms with Gasteiger partial charge in [-0.15, -0.1) is 15.7 Å². The average molecular weight is 448 g/mol. The molecule has 0 aliphatic heterocycles. The molecule has 158 valence electrons. The number of aromatic nitrogens is 1.